The lowest BCUT2D eigenvalue weighted by molar-refractivity contribution is -0.144. The number of amides is 5. The minimum absolute atomic E-state index is 0.178. The first-order valence-corrected chi connectivity index (χ1v) is 10.5. The summed E-state index contributed by atoms with van der Waals surface area (Å²) in [5, 5.41) is 22.5. The summed E-state index contributed by atoms with van der Waals surface area (Å²) in [5.41, 5.74) is 15.9. The van der Waals surface area contributed by atoms with Crippen LogP contribution in [-0.2, 0) is 33.6 Å². The highest BCUT2D eigenvalue weighted by molar-refractivity contribution is 5.95. The number of aliphatic carboxylic acids is 2. The lowest BCUT2D eigenvalue weighted by atomic mass is 10.1. The summed E-state index contributed by atoms with van der Waals surface area (Å²) in [7, 11) is 0. The highest BCUT2D eigenvalue weighted by atomic mass is 16.4. The van der Waals surface area contributed by atoms with E-state index in [2.05, 4.69) is 10.6 Å². The van der Waals surface area contributed by atoms with Crippen LogP contribution in [0, 0.1) is 0 Å². The third-order valence-electron chi connectivity index (χ3n) is 5.15. The molecule has 0 bridgehead atoms. The Morgan fingerprint density at radius 3 is 2.06 bits per heavy atom. The van der Waals surface area contributed by atoms with E-state index in [1.165, 1.54) is 4.90 Å². The number of carbonyl (C=O) groups excluding carboxylic acids is 5. The lowest BCUT2D eigenvalue weighted by Gasteiger charge is -2.28. The summed E-state index contributed by atoms with van der Waals surface area (Å²) in [5.74, 6) is -6.70. The van der Waals surface area contributed by atoms with Crippen LogP contribution < -0.4 is 27.8 Å². The third-order valence-corrected chi connectivity index (χ3v) is 5.15. The van der Waals surface area contributed by atoms with E-state index in [-0.39, 0.29) is 25.8 Å². The number of nitrogens with one attached hydrogen (secondary N) is 2. The van der Waals surface area contributed by atoms with Crippen molar-refractivity contribution < 1.29 is 43.8 Å². The first-order chi connectivity index (χ1) is 15.8. The second-order valence-electron chi connectivity index (χ2n) is 7.86. The fourth-order valence-electron chi connectivity index (χ4n) is 3.44. The number of hydrogen-bond acceptors (Lipinski definition) is 8. The van der Waals surface area contributed by atoms with Crippen LogP contribution in [-0.4, -0.2) is 87.3 Å². The van der Waals surface area contributed by atoms with E-state index < -0.39 is 84.9 Å². The van der Waals surface area contributed by atoms with Crippen molar-refractivity contribution in [2.24, 2.45) is 17.2 Å². The number of carboxylic acids is 2. The number of carboxylic acid groups (broad SMARTS) is 2. The number of nitrogens with zero attached hydrogens (tertiary/aromatic N) is 1. The molecule has 0 aromatic heterocycles. The maximum Gasteiger partial charge on any atom is 0.326 e. The van der Waals surface area contributed by atoms with Crippen LogP contribution >= 0.6 is 0 Å². The lowest BCUT2D eigenvalue weighted by Crippen LogP contribution is -2.57. The molecule has 0 aromatic rings. The molecule has 1 fully saturated rings. The number of likely N-dealkylation sites (tertiary alicyclic amines) is 1. The number of hydrogen-bond donors (Lipinski definition) is 7. The first kappa shape index (κ1) is 28.3. The van der Waals surface area contributed by atoms with Gasteiger partial charge >= 0.3 is 11.9 Å². The zero-order chi connectivity index (χ0) is 26.0. The average molecular weight is 486 g/mol. The monoisotopic (exact) mass is 486 g/mol. The molecular formula is C19H30N6O9. The van der Waals surface area contributed by atoms with Crippen LogP contribution in [0.5, 0.6) is 0 Å². The van der Waals surface area contributed by atoms with E-state index in [1.54, 1.807) is 0 Å². The summed E-state index contributed by atoms with van der Waals surface area (Å²) in [6.45, 7) is 0.178. The molecule has 1 aliphatic rings. The van der Waals surface area contributed by atoms with Gasteiger partial charge in [0.25, 0.3) is 0 Å². The Hall–Kier alpha value is -3.75. The molecule has 5 amide bonds. The zero-order valence-corrected chi connectivity index (χ0v) is 18.4. The molecule has 15 nitrogen and oxygen atoms in total. The summed E-state index contributed by atoms with van der Waals surface area (Å²) >= 11 is 0. The van der Waals surface area contributed by atoms with Crippen molar-refractivity contribution in [3.8, 4) is 0 Å². The van der Waals surface area contributed by atoms with Gasteiger partial charge in [-0.3, -0.25) is 28.8 Å². The van der Waals surface area contributed by atoms with Crippen molar-refractivity contribution in [2.45, 2.75) is 69.1 Å². The zero-order valence-electron chi connectivity index (χ0n) is 18.4. The SMILES string of the molecule is NC(=O)CCC(NC(=O)C1CCCN1C(=O)C(N)CC(N)=O)C(=O)NC(CCC(=O)O)C(=O)O. The second kappa shape index (κ2) is 13.1. The Morgan fingerprint density at radius 1 is 0.912 bits per heavy atom. The van der Waals surface area contributed by atoms with Crippen molar-refractivity contribution in [3.05, 3.63) is 0 Å². The van der Waals surface area contributed by atoms with Crippen LogP contribution in [0.2, 0.25) is 0 Å². The maximum atomic E-state index is 12.9. The number of carbonyl (C=O) groups is 7. The highest BCUT2D eigenvalue weighted by Crippen LogP contribution is 2.19. The molecule has 1 saturated heterocycles. The maximum absolute atomic E-state index is 12.9. The quantitative estimate of drug-likeness (QED) is 0.126. The Morgan fingerprint density at radius 2 is 1.53 bits per heavy atom. The van der Waals surface area contributed by atoms with Crippen molar-refractivity contribution in [3.63, 3.8) is 0 Å². The van der Waals surface area contributed by atoms with Gasteiger partial charge in [-0.05, 0) is 25.7 Å². The van der Waals surface area contributed by atoms with Gasteiger partial charge in [0.15, 0.2) is 0 Å². The minimum Gasteiger partial charge on any atom is -0.481 e. The predicted octanol–water partition coefficient (Wildman–Crippen LogP) is -3.64. The predicted molar refractivity (Wildman–Crippen MR) is 113 cm³/mol. The standard InChI is InChI=1S/C19H30N6O9/c20-9(8-14(22)27)18(32)25-7-1-2-12(25)17(31)23-10(3-5-13(21)26)16(30)24-11(19(33)34)4-6-15(28)29/h9-12H,1-8,20H2,(H2,21,26)(H2,22,27)(H,23,31)(H,24,30)(H,28,29)(H,33,34). The minimum atomic E-state index is -1.55. The molecule has 0 aliphatic carbocycles. The van der Waals surface area contributed by atoms with Gasteiger partial charge in [0, 0.05) is 19.4 Å². The van der Waals surface area contributed by atoms with Gasteiger partial charge < -0.3 is 42.9 Å². The van der Waals surface area contributed by atoms with Gasteiger partial charge in [0.05, 0.1) is 12.5 Å². The fourth-order valence-corrected chi connectivity index (χ4v) is 3.44. The summed E-state index contributed by atoms with van der Waals surface area (Å²) in [4.78, 5) is 83.6. The van der Waals surface area contributed by atoms with Crippen LogP contribution in [0.1, 0.15) is 44.9 Å². The molecule has 0 aromatic carbocycles. The number of primary amides is 2. The Kier molecular flexibility index (Phi) is 10.9. The van der Waals surface area contributed by atoms with Gasteiger partial charge in [0.1, 0.15) is 18.1 Å². The molecule has 4 unspecified atom stereocenters. The molecule has 1 aliphatic heterocycles. The van der Waals surface area contributed by atoms with E-state index in [0.717, 1.165) is 0 Å². The summed E-state index contributed by atoms with van der Waals surface area (Å²) in [6.07, 6.45) is -1.25. The molecule has 1 heterocycles. The Bertz CT molecular complexity index is 833. The van der Waals surface area contributed by atoms with E-state index in [0.29, 0.717) is 6.42 Å². The summed E-state index contributed by atoms with van der Waals surface area (Å²) < 4.78 is 0. The third kappa shape index (κ3) is 9.01. The van der Waals surface area contributed by atoms with Gasteiger partial charge in [-0.15, -0.1) is 0 Å². The Labute approximate surface area is 194 Å². The van der Waals surface area contributed by atoms with Crippen LogP contribution in [0.25, 0.3) is 0 Å². The van der Waals surface area contributed by atoms with Crippen LogP contribution in [0.15, 0.2) is 0 Å². The molecule has 0 spiro atoms. The summed E-state index contributed by atoms with van der Waals surface area (Å²) in [6, 6.07) is -5.19. The van der Waals surface area contributed by atoms with Gasteiger partial charge in [-0.2, -0.15) is 0 Å². The molecule has 4 atom stereocenters. The van der Waals surface area contributed by atoms with Crippen LogP contribution in [0.4, 0.5) is 0 Å². The van der Waals surface area contributed by atoms with E-state index in [9.17, 15) is 38.7 Å². The normalized spacial score (nSPS) is 17.8. The number of nitrogens with two attached hydrogens (primary N) is 3. The molecule has 190 valence electrons. The average Bonchev–Trinajstić information content (AvgIpc) is 3.22. The van der Waals surface area contributed by atoms with E-state index >= 15 is 0 Å². The first-order valence-electron chi connectivity index (χ1n) is 10.5. The van der Waals surface area contributed by atoms with Crippen molar-refractivity contribution in [2.75, 3.05) is 6.54 Å². The molecule has 0 radical (unpaired) electrons. The largest absolute Gasteiger partial charge is 0.481 e. The van der Waals surface area contributed by atoms with Crippen LogP contribution in [0.3, 0.4) is 0 Å². The smallest absolute Gasteiger partial charge is 0.326 e. The van der Waals surface area contributed by atoms with Gasteiger partial charge in [-0.25, -0.2) is 4.79 Å². The van der Waals surface area contributed by atoms with Gasteiger partial charge in [-0.1, -0.05) is 0 Å². The van der Waals surface area contributed by atoms with E-state index in [4.69, 9.17) is 22.3 Å². The second-order valence-corrected chi connectivity index (χ2v) is 7.86. The van der Waals surface area contributed by atoms with E-state index in [1.807, 2.05) is 0 Å². The molecule has 34 heavy (non-hydrogen) atoms. The fraction of sp³-hybridized carbons (Fsp3) is 0.632. The molecule has 0 saturated carbocycles. The number of rotatable bonds is 14. The Balaban J connectivity index is 2.95. The van der Waals surface area contributed by atoms with Crippen molar-refractivity contribution >= 4 is 41.5 Å². The molecular weight excluding hydrogens is 456 g/mol. The molecule has 15 heteroatoms. The van der Waals surface area contributed by atoms with Crippen molar-refractivity contribution in [1.29, 1.82) is 0 Å². The topological polar surface area (TPSA) is 265 Å². The van der Waals surface area contributed by atoms with Crippen molar-refractivity contribution in [1.82, 2.24) is 15.5 Å². The highest BCUT2D eigenvalue weighted by Gasteiger charge is 2.38. The van der Waals surface area contributed by atoms with Gasteiger partial charge in [0.2, 0.25) is 29.5 Å². The molecule has 10 N–H and O–H groups in total. The molecule has 1 rings (SSSR count).